The number of benzene rings is 2. The molecule has 0 saturated heterocycles. The maximum absolute atomic E-state index is 13.0. The van der Waals surface area contributed by atoms with Crippen molar-refractivity contribution in [3.05, 3.63) is 68.7 Å². The minimum absolute atomic E-state index is 0.170. The molecule has 3 rings (SSSR count). The zero-order chi connectivity index (χ0) is 21.1. The topological polar surface area (TPSA) is 93.2 Å². The lowest BCUT2D eigenvalue weighted by molar-refractivity contribution is 0.0600. The summed E-state index contributed by atoms with van der Waals surface area (Å²) in [4.78, 5) is 39.8. The number of ether oxygens (including phenoxy) is 1. The summed E-state index contributed by atoms with van der Waals surface area (Å²) in [5.41, 5.74) is 1.48. The summed E-state index contributed by atoms with van der Waals surface area (Å²) in [7, 11) is 1.29. The molecule has 2 N–H and O–H groups in total. The van der Waals surface area contributed by atoms with Gasteiger partial charge in [0.2, 0.25) is 0 Å². The van der Waals surface area contributed by atoms with Crippen LogP contribution in [0.2, 0.25) is 0 Å². The maximum Gasteiger partial charge on any atom is 0.337 e. The third-order valence-corrected chi connectivity index (χ3v) is 4.66. The van der Waals surface area contributed by atoms with Crippen LogP contribution in [-0.4, -0.2) is 35.1 Å². The highest BCUT2D eigenvalue weighted by Crippen LogP contribution is 2.15. The zero-order valence-electron chi connectivity index (χ0n) is 16.3. The number of esters is 1. The fourth-order valence-corrected chi connectivity index (χ4v) is 3.16. The number of nitrogens with zero attached hydrogens (tertiary/aromatic N) is 1. The van der Waals surface area contributed by atoms with E-state index in [1.54, 1.807) is 30.3 Å². The molecular weight excluding hydrogens is 390 g/mol. The van der Waals surface area contributed by atoms with Gasteiger partial charge in [-0.25, -0.2) is 4.79 Å². The van der Waals surface area contributed by atoms with Crippen LogP contribution in [0, 0.1) is 10.7 Å². The van der Waals surface area contributed by atoms with E-state index in [1.807, 2.05) is 13.8 Å². The van der Waals surface area contributed by atoms with Crippen LogP contribution in [0.1, 0.15) is 34.6 Å². The van der Waals surface area contributed by atoms with Crippen molar-refractivity contribution < 1.29 is 14.3 Å². The third-order valence-electron chi connectivity index (χ3n) is 4.38. The molecule has 29 heavy (non-hydrogen) atoms. The van der Waals surface area contributed by atoms with Gasteiger partial charge in [-0.05, 0) is 60.6 Å². The normalized spacial score (nSPS) is 10.9. The molecule has 1 amide bonds. The first kappa shape index (κ1) is 20.5. The summed E-state index contributed by atoms with van der Waals surface area (Å²) < 4.78 is 6.24. The molecule has 0 unspecified atom stereocenters. The fourth-order valence-electron chi connectivity index (χ4n) is 2.86. The number of aromatic nitrogens is 2. The van der Waals surface area contributed by atoms with Gasteiger partial charge >= 0.3 is 5.97 Å². The van der Waals surface area contributed by atoms with Crippen molar-refractivity contribution in [1.29, 1.82) is 0 Å². The van der Waals surface area contributed by atoms with Crippen LogP contribution < -0.4 is 10.9 Å². The van der Waals surface area contributed by atoms with Gasteiger partial charge in [0.25, 0.3) is 11.5 Å². The van der Waals surface area contributed by atoms with Crippen molar-refractivity contribution in [3.8, 4) is 5.69 Å². The number of hydrogen-bond donors (Lipinski definition) is 2. The van der Waals surface area contributed by atoms with Gasteiger partial charge in [0.1, 0.15) is 0 Å². The molecule has 0 aliphatic heterocycles. The van der Waals surface area contributed by atoms with Gasteiger partial charge in [-0.2, -0.15) is 0 Å². The van der Waals surface area contributed by atoms with Crippen molar-refractivity contribution in [3.63, 3.8) is 0 Å². The van der Waals surface area contributed by atoms with E-state index >= 15 is 0 Å². The molecule has 0 aliphatic carbocycles. The van der Waals surface area contributed by atoms with E-state index in [0.717, 1.165) is 0 Å². The highest BCUT2D eigenvalue weighted by atomic mass is 32.1. The molecule has 1 aromatic heterocycles. The van der Waals surface area contributed by atoms with Crippen molar-refractivity contribution in [2.45, 2.75) is 13.8 Å². The molecule has 0 bridgehead atoms. The van der Waals surface area contributed by atoms with Gasteiger partial charge in [-0.3, -0.25) is 14.2 Å². The monoisotopic (exact) mass is 411 g/mol. The summed E-state index contributed by atoms with van der Waals surface area (Å²) in [6, 6.07) is 11.3. The number of methoxy groups -OCH3 is 1. The number of H-pyrrole nitrogens is 1. The Kier molecular flexibility index (Phi) is 5.93. The van der Waals surface area contributed by atoms with E-state index in [4.69, 9.17) is 17.0 Å². The van der Waals surface area contributed by atoms with Crippen LogP contribution in [-0.2, 0) is 4.74 Å². The van der Waals surface area contributed by atoms with Gasteiger partial charge in [0, 0.05) is 12.1 Å². The first-order valence-electron chi connectivity index (χ1n) is 9.08. The average molecular weight is 411 g/mol. The molecule has 0 spiro atoms. The lowest BCUT2D eigenvalue weighted by atomic mass is 10.1. The molecule has 0 saturated carbocycles. The van der Waals surface area contributed by atoms with Gasteiger partial charge in [0.05, 0.1) is 29.3 Å². The summed E-state index contributed by atoms with van der Waals surface area (Å²) in [5.74, 6) is -0.314. The largest absolute Gasteiger partial charge is 0.465 e. The van der Waals surface area contributed by atoms with Crippen LogP contribution in [0.5, 0.6) is 0 Å². The van der Waals surface area contributed by atoms with Crippen molar-refractivity contribution in [2.24, 2.45) is 5.92 Å². The lowest BCUT2D eigenvalue weighted by Gasteiger charge is -2.11. The first-order chi connectivity index (χ1) is 13.8. The summed E-state index contributed by atoms with van der Waals surface area (Å²) >= 11 is 5.35. The van der Waals surface area contributed by atoms with Crippen molar-refractivity contribution in [2.75, 3.05) is 13.7 Å². The quantitative estimate of drug-likeness (QED) is 0.497. The number of hydrogen-bond acceptors (Lipinski definition) is 5. The van der Waals surface area contributed by atoms with E-state index < -0.39 is 5.97 Å². The van der Waals surface area contributed by atoms with E-state index in [2.05, 4.69) is 10.3 Å². The number of carbonyl (C=O) groups excluding carboxylic acids is 2. The number of carbonyl (C=O) groups is 2. The third kappa shape index (κ3) is 4.27. The Morgan fingerprint density at radius 3 is 2.41 bits per heavy atom. The Bertz CT molecular complexity index is 1190. The van der Waals surface area contributed by atoms with Crippen molar-refractivity contribution in [1.82, 2.24) is 14.9 Å². The highest BCUT2D eigenvalue weighted by molar-refractivity contribution is 7.71. The lowest BCUT2D eigenvalue weighted by Crippen LogP contribution is -2.27. The number of fused-ring (bicyclic) bond motifs is 1. The Morgan fingerprint density at radius 2 is 1.79 bits per heavy atom. The molecule has 0 fully saturated rings. The molecule has 3 aromatic rings. The van der Waals surface area contributed by atoms with Crippen LogP contribution in [0.3, 0.4) is 0 Å². The summed E-state index contributed by atoms with van der Waals surface area (Å²) in [6.07, 6.45) is 0. The SMILES string of the molecule is COC(=O)c1ccc2c(=O)n(-c3ccc(C(=O)NCC(C)C)cc3)c(=S)[nH]c2c1. The Labute approximate surface area is 172 Å². The van der Waals surface area contributed by atoms with Gasteiger partial charge in [-0.1, -0.05) is 13.8 Å². The molecule has 0 atom stereocenters. The molecule has 2 aromatic carbocycles. The standard InChI is InChI=1S/C21H21N3O4S/c1-12(2)11-22-18(25)13-4-7-15(8-5-13)24-19(26)16-9-6-14(20(27)28-3)10-17(16)23-21(24)29/h4-10,12H,11H2,1-3H3,(H,22,25)(H,23,29). The average Bonchev–Trinajstić information content (AvgIpc) is 2.71. The Hall–Kier alpha value is -3.26. The smallest absolute Gasteiger partial charge is 0.337 e. The maximum atomic E-state index is 13.0. The molecule has 150 valence electrons. The number of rotatable bonds is 5. The van der Waals surface area contributed by atoms with E-state index in [-0.39, 0.29) is 16.2 Å². The molecule has 7 nitrogen and oxygen atoms in total. The summed E-state index contributed by atoms with van der Waals surface area (Å²) in [5, 5.41) is 3.23. The summed E-state index contributed by atoms with van der Waals surface area (Å²) in [6.45, 7) is 4.63. The molecular formula is C21H21N3O4S. The zero-order valence-corrected chi connectivity index (χ0v) is 17.1. The van der Waals surface area contributed by atoms with Crippen LogP contribution >= 0.6 is 12.2 Å². The van der Waals surface area contributed by atoms with E-state index in [9.17, 15) is 14.4 Å². The minimum Gasteiger partial charge on any atom is -0.465 e. The predicted octanol–water partition coefficient (Wildman–Crippen LogP) is 3.22. The second-order valence-corrected chi connectivity index (χ2v) is 7.36. The molecule has 0 aliphatic rings. The van der Waals surface area contributed by atoms with Crippen LogP contribution in [0.4, 0.5) is 0 Å². The van der Waals surface area contributed by atoms with Gasteiger partial charge in [-0.15, -0.1) is 0 Å². The minimum atomic E-state index is -0.498. The van der Waals surface area contributed by atoms with Crippen LogP contribution in [0.15, 0.2) is 47.3 Å². The van der Waals surface area contributed by atoms with Gasteiger partial charge < -0.3 is 15.0 Å². The Morgan fingerprint density at radius 1 is 1.14 bits per heavy atom. The fraction of sp³-hybridized carbons (Fsp3) is 0.238. The van der Waals surface area contributed by atoms with Gasteiger partial charge in [0.15, 0.2) is 4.77 Å². The number of amides is 1. The number of aromatic amines is 1. The second kappa shape index (κ2) is 8.40. The predicted molar refractivity (Wildman–Crippen MR) is 113 cm³/mol. The Balaban J connectivity index is 1.99. The van der Waals surface area contributed by atoms with E-state index in [1.165, 1.54) is 23.8 Å². The second-order valence-electron chi connectivity index (χ2n) is 6.97. The van der Waals surface area contributed by atoms with E-state index in [0.29, 0.717) is 40.2 Å². The molecule has 1 heterocycles. The molecule has 0 radical (unpaired) electrons. The molecule has 8 heteroatoms. The van der Waals surface area contributed by atoms with Crippen LogP contribution in [0.25, 0.3) is 16.6 Å². The van der Waals surface area contributed by atoms with Crippen molar-refractivity contribution >= 4 is 35.0 Å². The highest BCUT2D eigenvalue weighted by Gasteiger charge is 2.12. The number of nitrogens with one attached hydrogen (secondary N) is 2. The first-order valence-corrected chi connectivity index (χ1v) is 9.48.